The predicted octanol–water partition coefficient (Wildman–Crippen LogP) is 5.30. The lowest BCUT2D eigenvalue weighted by Gasteiger charge is -2.27. The van der Waals surface area contributed by atoms with Crippen molar-refractivity contribution < 1.29 is 23.1 Å². The highest BCUT2D eigenvalue weighted by molar-refractivity contribution is 7.89. The average Bonchev–Trinajstić information content (AvgIpc) is 2.83. The molecule has 0 fully saturated rings. The van der Waals surface area contributed by atoms with Crippen LogP contribution in [-0.2, 0) is 21.2 Å². The van der Waals surface area contributed by atoms with Gasteiger partial charge in [-0.1, -0.05) is 62.4 Å². The Bertz CT molecular complexity index is 1280. The lowest BCUT2D eigenvalue weighted by molar-refractivity contribution is -0.139. The molecule has 0 bridgehead atoms. The topological polar surface area (TPSA) is 92.7 Å². The summed E-state index contributed by atoms with van der Waals surface area (Å²) < 4.78 is 34.6. The largest absolute Gasteiger partial charge is 0.482 e. The van der Waals surface area contributed by atoms with Crippen molar-refractivity contribution in [3.05, 3.63) is 83.4 Å². The molecular formula is C27H29NO5S. The number of benzene rings is 3. The summed E-state index contributed by atoms with van der Waals surface area (Å²) in [6.45, 7) is 3.86. The molecule has 1 atom stereocenters. The van der Waals surface area contributed by atoms with E-state index in [2.05, 4.69) is 30.7 Å². The van der Waals surface area contributed by atoms with Crippen LogP contribution in [0.3, 0.4) is 0 Å². The number of ether oxygens (including phenoxy) is 1. The van der Waals surface area contributed by atoms with E-state index in [9.17, 15) is 13.2 Å². The Kier molecular flexibility index (Phi) is 7.05. The highest BCUT2D eigenvalue weighted by Crippen LogP contribution is 2.36. The van der Waals surface area contributed by atoms with Crippen molar-refractivity contribution in [2.45, 2.75) is 50.0 Å². The van der Waals surface area contributed by atoms with Gasteiger partial charge < -0.3 is 9.84 Å². The molecule has 0 unspecified atom stereocenters. The summed E-state index contributed by atoms with van der Waals surface area (Å²) in [5, 5.41) is 8.92. The molecule has 178 valence electrons. The first kappa shape index (κ1) is 24.0. The van der Waals surface area contributed by atoms with Gasteiger partial charge in [0, 0.05) is 6.04 Å². The Morgan fingerprint density at radius 2 is 1.79 bits per heavy atom. The smallest absolute Gasteiger partial charge is 0.341 e. The second-order valence-electron chi connectivity index (χ2n) is 8.88. The van der Waals surface area contributed by atoms with Crippen molar-refractivity contribution in [1.29, 1.82) is 0 Å². The third-order valence-corrected chi connectivity index (χ3v) is 7.65. The van der Waals surface area contributed by atoms with E-state index in [4.69, 9.17) is 9.84 Å². The Labute approximate surface area is 200 Å². The summed E-state index contributed by atoms with van der Waals surface area (Å²) in [6.07, 6.45) is 2.15. The molecule has 0 heterocycles. The van der Waals surface area contributed by atoms with E-state index in [1.807, 2.05) is 30.3 Å². The number of nitrogens with one attached hydrogen (secondary N) is 1. The number of carboxylic acid groups (broad SMARTS) is 1. The van der Waals surface area contributed by atoms with Gasteiger partial charge in [-0.3, -0.25) is 0 Å². The molecule has 0 radical (unpaired) electrons. The summed E-state index contributed by atoms with van der Waals surface area (Å²) in [7, 11) is -3.75. The van der Waals surface area contributed by atoms with Gasteiger partial charge in [0.25, 0.3) is 0 Å². The van der Waals surface area contributed by atoms with Gasteiger partial charge >= 0.3 is 5.97 Å². The molecule has 0 amide bonds. The first-order chi connectivity index (χ1) is 16.2. The number of rotatable bonds is 8. The lowest BCUT2D eigenvalue weighted by atomic mass is 9.87. The molecule has 34 heavy (non-hydrogen) atoms. The summed E-state index contributed by atoms with van der Waals surface area (Å²) in [5.74, 6) is -0.140. The number of hydrogen-bond donors (Lipinski definition) is 2. The molecule has 2 N–H and O–H groups in total. The van der Waals surface area contributed by atoms with Crippen molar-refractivity contribution in [3.8, 4) is 16.9 Å². The number of aliphatic carboxylic acids is 1. The number of carbonyl (C=O) groups is 1. The molecule has 3 aromatic rings. The zero-order valence-electron chi connectivity index (χ0n) is 19.3. The first-order valence-electron chi connectivity index (χ1n) is 11.4. The summed E-state index contributed by atoms with van der Waals surface area (Å²) in [5.41, 5.74) is 4.95. The molecule has 3 aromatic carbocycles. The number of sulfonamides is 1. The molecule has 0 aliphatic heterocycles. The predicted molar refractivity (Wildman–Crippen MR) is 132 cm³/mol. The SMILES string of the molecule is CC(C)c1cccc(-c2ccc(S(=O)(=O)N[C@@H]3CCCc4c(OCC(=O)O)cccc43)cc2)c1. The molecule has 7 heteroatoms. The summed E-state index contributed by atoms with van der Waals surface area (Å²) in [4.78, 5) is 11.1. The van der Waals surface area contributed by atoms with Gasteiger partial charge in [-0.15, -0.1) is 0 Å². The molecule has 0 saturated carbocycles. The van der Waals surface area contributed by atoms with Gasteiger partial charge in [0.2, 0.25) is 10.0 Å². The molecular weight excluding hydrogens is 450 g/mol. The van der Waals surface area contributed by atoms with Crippen molar-refractivity contribution >= 4 is 16.0 Å². The van der Waals surface area contributed by atoms with Crippen LogP contribution in [0.2, 0.25) is 0 Å². The fourth-order valence-electron chi connectivity index (χ4n) is 4.37. The van der Waals surface area contributed by atoms with Crippen molar-refractivity contribution in [2.75, 3.05) is 6.61 Å². The van der Waals surface area contributed by atoms with Crippen molar-refractivity contribution in [2.24, 2.45) is 0 Å². The minimum atomic E-state index is -3.75. The van der Waals surface area contributed by atoms with E-state index in [1.165, 1.54) is 5.56 Å². The van der Waals surface area contributed by atoms with Gasteiger partial charge in [0.1, 0.15) is 5.75 Å². The minimum absolute atomic E-state index is 0.210. The molecule has 0 saturated heterocycles. The maximum atomic E-state index is 13.2. The third kappa shape index (κ3) is 5.32. The first-order valence-corrected chi connectivity index (χ1v) is 12.9. The van der Waals surface area contributed by atoms with Crippen LogP contribution in [0.5, 0.6) is 5.75 Å². The third-order valence-electron chi connectivity index (χ3n) is 6.16. The molecule has 6 nitrogen and oxygen atoms in total. The Morgan fingerprint density at radius 3 is 2.50 bits per heavy atom. The monoisotopic (exact) mass is 479 g/mol. The van der Waals surface area contributed by atoms with Crippen LogP contribution in [0.15, 0.2) is 71.6 Å². The minimum Gasteiger partial charge on any atom is -0.482 e. The zero-order valence-corrected chi connectivity index (χ0v) is 20.1. The maximum Gasteiger partial charge on any atom is 0.341 e. The van der Waals surface area contributed by atoms with Crippen LogP contribution in [0.25, 0.3) is 11.1 Å². The zero-order chi connectivity index (χ0) is 24.3. The van der Waals surface area contributed by atoms with Gasteiger partial charge in [-0.2, -0.15) is 0 Å². The van der Waals surface area contributed by atoms with E-state index in [1.54, 1.807) is 24.3 Å². The van der Waals surface area contributed by atoms with Crippen LogP contribution >= 0.6 is 0 Å². The summed E-state index contributed by atoms with van der Waals surface area (Å²) in [6, 6.07) is 20.2. The average molecular weight is 480 g/mol. The lowest BCUT2D eigenvalue weighted by Crippen LogP contribution is -2.31. The summed E-state index contributed by atoms with van der Waals surface area (Å²) >= 11 is 0. The van der Waals surface area contributed by atoms with Gasteiger partial charge in [-0.05, 0) is 71.2 Å². The second kappa shape index (κ2) is 9.99. The van der Waals surface area contributed by atoms with Crippen LogP contribution in [0, 0.1) is 0 Å². The number of fused-ring (bicyclic) bond motifs is 1. The standard InChI is InChI=1S/C27H29NO5S/c1-18(2)20-6-3-7-21(16-20)19-12-14-22(15-13-19)34(31,32)28-25-10-4-9-24-23(25)8-5-11-26(24)33-17-27(29)30/h3,5-8,11-16,18,25,28H,4,9-10,17H2,1-2H3,(H,29,30)/t25-/m1/s1. The fourth-order valence-corrected chi connectivity index (χ4v) is 5.62. The Morgan fingerprint density at radius 1 is 1.06 bits per heavy atom. The number of carboxylic acids is 1. The van der Waals surface area contributed by atoms with Crippen molar-refractivity contribution in [3.63, 3.8) is 0 Å². The molecule has 1 aliphatic carbocycles. The molecule has 0 spiro atoms. The van der Waals surface area contributed by atoms with E-state index in [-0.39, 0.29) is 4.90 Å². The van der Waals surface area contributed by atoms with Gasteiger partial charge in [0.05, 0.1) is 4.90 Å². The van der Waals surface area contributed by atoms with Gasteiger partial charge in [0.15, 0.2) is 6.61 Å². The van der Waals surface area contributed by atoms with E-state index in [0.717, 1.165) is 28.7 Å². The maximum absolute atomic E-state index is 13.2. The van der Waals surface area contributed by atoms with Crippen LogP contribution in [0.4, 0.5) is 0 Å². The van der Waals surface area contributed by atoms with E-state index in [0.29, 0.717) is 24.5 Å². The van der Waals surface area contributed by atoms with E-state index >= 15 is 0 Å². The van der Waals surface area contributed by atoms with E-state index < -0.39 is 28.6 Å². The molecule has 0 aromatic heterocycles. The normalized spacial score (nSPS) is 15.7. The number of hydrogen-bond acceptors (Lipinski definition) is 4. The van der Waals surface area contributed by atoms with Crippen LogP contribution in [0.1, 0.15) is 55.3 Å². The van der Waals surface area contributed by atoms with Gasteiger partial charge in [-0.25, -0.2) is 17.9 Å². The highest BCUT2D eigenvalue weighted by atomic mass is 32.2. The fraction of sp³-hybridized carbons (Fsp3) is 0.296. The Balaban J connectivity index is 1.55. The van der Waals surface area contributed by atoms with Crippen molar-refractivity contribution in [1.82, 2.24) is 4.72 Å². The molecule has 4 rings (SSSR count). The quantitative estimate of drug-likeness (QED) is 0.458. The highest BCUT2D eigenvalue weighted by Gasteiger charge is 2.27. The second-order valence-corrected chi connectivity index (χ2v) is 10.6. The molecule has 1 aliphatic rings. The van der Waals surface area contributed by atoms with Crippen LogP contribution < -0.4 is 9.46 Å². The Hall–Kier alpha value is -3.16. The van der Waals surface area contributed by atoms with Crippen LogP contribution in [-0.4, -0.2) is 26.1 Å².